The molecule has 0 aromatic heterocycles. The van der Waals surface area contributed by atoms with Crippen LogP contribution in [-0.2, 0) is 4.74 Å². The van der Waals surface area contributed by atoms with E-state index in [2.05, 4.69) is 0 Å². The third-order valence-electron chi connectivity index (χ3n) is 1.77. The Hall–Kier alpha value is -1.00. The van der Waals surface area contributed by atoms with Gasteiger partial charge in [-0.25, -0.2) is 8.78 Å². The highest BCUT2D eigenvalue weighted by Gasteiger charge is 2.07. The third kappa shape index (κ3) is 3.81. The fourth-order valence-electron chi connectivity index (χ4n) is 1.08. The van der Waals surface area contributed by atoms with Crippen LogP contribution in [0.5, 0.6) is 0 Å². The van der Waals surface area contributed by atoms with E-state index in [0.29, 0.717) is 0 Å². The maximum Gasteiger partial charge on any atom is 0.261 e. The van der Waals surface area contributed by atoms with Crippen LogP contribution in [0.15, 0.2) is 30.3 Å². The van der Waals surface area contributed by atoms with Gasteiger partial charge in [-0.3, -0.25) is 0 Å². The number of alkyl halides is 2. The van der Waals surface area contributed by atoms with E-state index in [1.54, 1.807) is 0 Å². The summed E-state index contributed by atoms with van der Waals surface area (Å²) in [5.41, 5.74) is 6.60. The molecule has 0 bridgehead atoms. The Kier molecular flexibility index (Phi) is 4.49. The average molecular weight is 201 g/mol. The SMILES string of the molecule is NC(COCC(F)F)c1ccccc1. The minimum atomic E-state index is -2.43. The van der Waals surface area contributed by atoms with Gasteiger partial charge in [-0.1, -0.05) is 30.3 Å². The Morgan fingerprint density at radius 2 is 1.79 bits per heavy atom. The fraction of sp³-hybridized carbons (Fsp3) is 0.400. The van der Waals surface area contributed by atoms with Gasteiger partial charge in [0.1, 0.15) is 6.61 Å². The number of benzene rings is 1. The Morgan fingerprint density at radius 1 is 1.14 bits per heavy atom. The first-order valence-electron chi connectivity index (χ1n) is 4.36. The Morgan fingerprint density at radius 3 is 2.36 bits per heavy atom. The summed E-state index contributed by atoms with van der Waals surface area (Å²) in [4.78, 5) is 0. The summed E-state index contributed by atoms with van der Waals surface area (Å²) in [6.07, 6.45) is -2.43. The molecule has 0 saturated heterocycles. The van der Waals surface area contributed by atoms with E-state index in [9.17, 15) is 8.78 Å². The van der Waals surface area contributed by atoms with Crippen LogP contribution >= 0.6 is 0 Å². The van der Waals surface area contributed by atoms with Crippen molar-refractivity contribution in [1.82, 2.24) is 0 Å². The molecule has 0 heterocycles. The van der Waals surface area contributed by atoms with Crippen molar-refractivity contribution in [1.29, 1.82) is 0 Å². The first kappa shape index (κ1) is 11.1. The maximum absolute atomic E-state index is 11.7. The van der Waals surface area contributed by atoms with Crippen molar-refractivity contribution in [3.63, 3.8) is 0 Å². The molecule has 1 rings (SSSR count). The van der Waals surface area contributed by atoms with Gasteiger partial charge in [0.05, 0.1) is 12.6 Å². The van der Waals surface area contributed by atoms with Crippen molar-refractivity contribution in [3.05, 3.63) is 35.9 Å². The van der Waals surface area contributed by atoms with Gasteiger partial charge in [0.2, 0.25) is 0 Å². The zero-order valence-electron chi connectivity index (χ0n) is 7.70. The second-order valence-electron chi connectivity index (χ2n) is 2.95. The van der Waals surface area contributed by atoms with Crippen LogP contribution in [-0.4, -0.2) is 19.6 Å². The minimum absolute atomic E-state index is 0.119. The molecule has 0 radical (unpaired) electrons. The van der Waals surface area contributed by atoms with Crippen LogP contribution in [0.3, 0.4) is 0 Å². The molecule has 0 fully saturated rings. The molecule has 2 nitrogen and oxygen atoms in total. The highest BCUT2D eigenvalue weighted by atomic mass is 19.3. The van der Waals surface area contributed by atoms with Crippen molar-refractivity contribution in [2.45, 2.75) is 12.5 Å². The number of ether oxygens (including phenoxy) is 1. The molecule has 0 aliphatic carbocycles. The van der Waals surface area contributed by atoms with E-state index in [1.165, 1.54) is 0 Å². The standard InChI is InChI=1S/C10H13F2NO/c11-10(12)7-14-6-9(13)8-4-2-1-3-5-8/h1-5,9-10H,6-7,13H2. The summed E-state index contributed by atoms with van der Waals surface area (Å²) in [5, 5.41) is 0. The van der Waals surface area contributed by atoms with E-state index >= 15 is 0 Å². The Bertz CT molecular complexity index is 254. The van der Waals surface area contributed by atoms with Crippen LogP contribution in [0.1, 0.15) is 11.6 Å². The lowest BCUT2D eigenvalue weighted by atomic mass is 10.1. The third-order valence-corrected chi connectivity index (χ3v) is 1.77. The molecular weight excluding hydrogens is 188 g/mol. The van der Waals surface area contributed by atoms with Gasteiger partial charge in [0, 0.05) is 0 Å². The van der Waals surface area contributed by atoms with Crippen molar-refractivity contribution in [2.75, 3.05) is 13.2 Å². The predicted octanol–water partition coefficient (Wildman–Crippen LogP) is 1.97. The van der Waals surface area contributed by atoms with Gasteiger partial charge in [0.15, 0.2) is 0 Å². The van der Waals surface area contributed by atoms with E-state index in [1.807, 2.05) is 30.3 Å². The van der Waals surface area contributed by atoms with E-state index < -0.39 is 13.0 Å². The zero-order valence-corrected chi connectivity index (χ0v) is 7.70. The lowest BCUT2D eigenvalue weighted by Crippen LogP contribution is -2.19. The topological polar surface area (TPSA) is 35.2 Å². The van der Waals surface area contributed by atoms with Crippen LogP contribution < -0.4 is 5.73 Å². The van der Waals surface area contributed by atoms with Crippen LogP contribution in [0, 0.1) is 0 Å². The molecule has 2 N–H and O–H groups in total. The molecule has 0 aliphatic heterocycles. The summed E-state index contributed by atoms with van der Waals surface area (Å²) >= 11 is 0. The predicted molar refractivity (Wildman–Crippen MR) is 50.2 cm³/mol. The maximum atomic E-state index is 11.7. The monoisotopic (exact) mass is 201 g/mol. The van der Waals surface area contributed by atoms with E-state index in [-0.39, 0.29) is 12.6 Å². The van der Waals surface area contributed by atoms with Crippen molar-refractivity contribution in [3.8, 4) is 0 Å². The number of hydrogen-bond acceptors (Lipinski definition) is 2. The lowest BCUT2D eigenvalue weighted by Gasteiger charge is -2.11. The van der Waals surface area contributed by atoms with Gasteiger partial charge >= 0.3 is 0 Å². The minimum Gasteiger partial charge on any atom is -0.374 e. The van der Waals surface area contributed by atoms with E-state index in [4.69, 9.17) is 10.5 Å². The first-order chi connectivity index (χ1) is 6.70. The molecule has 4 heteroatoms. The highest BCUT2D eigenvalue weighted by Crippen LogP contribution is 2.09. The molecule has 14 heavy (non-hydrogen) atoms. The smallest absolute Gasteiger partial charge is 0.261 e. The van der Waals surface area contributed by atoms with Gasteiger partial charge in [-0.05, 0) is 5.56 Å². The van der Waals surface area contributed by atoms with Gasteiger partial charge in [0.25, 0.3) is 6.43 Å². The molecule has 0 spiro atoms. The quantitative estimate of drug-likeness (QED) is 0.790. The van der Waals surface area contributed by atoms with Crippen LogP contribution in [0.4, 0.5) is 8.78 Å². The number of nitrogens with two attached hydrogens (primary N) is 1. The molecule has 78 valence electrons. The number of rotatable bonds is 5. The molecular formula is C10H13F2NO. The summed E-state index contributed by atoms with van der Waals surface area (Å²) < 4.78 is 28.2. The fourth-order valence-corrected chi connectivity index (χ4v) is 1.08. The normalized spacial score (nSPS) is 13.1. The summed E-state index contributed by atoms with van der Waals surface area (Å²) in [6.45, 7) is -0.436. The van der Waals surface area contributed by atoms with Crippen LogP contribution in [0.2, 0.25) is 0 Å². The average Bonchev–Trinajstić information content (AvgIpc) is 2.18. The molecule has 0 aliphatic rings. The zero-order chi connectivity index (χ0) is 10.4. The summed E-state index contributed by atoms with van der Waals surface area (Å²) in [6, 6.07) is 8.92. The van der Waals surface area contributed by atoms with Crippen molar-refractivity contribution >= 4 is 0 Å². The number of hydrogen-bond donors (Lipinski definition) is 1. The molecule has 1 aromatic carbocycles. The van der Waals surface area contributed by atoms with Crippen LogP contribution in [0.25, 0.3) is 0 Å². The molecule has 1 aromatic rings. The second kappa shape index (κ2) is 5.67. The first-order valence-corrected chi connectivity index (χ1v) is 4.36. The largest absolute Gasteiger partial charge is 0.374 e. The Balaban J connectivity index is 2.32. The Labute approximate surface area is 81.7 Å². The molecule has 0 amide bonds. The number of halogens is 2. The molecule has 1 atom stereocenters. The second-order valence-corrected chi connectivity index (χ2v) is 2.95. The molecule has 0 saturated carbocycles. The van der Waals surface area contributed by atoms with Crippen molar-refractivity contribution < 1.29 is 13.5 Å². The molecule has 1 unspecified atom stereocenters. The van der Waals surface area contributed by atoms with E-state index in [0.717, 1.165) is 5.56 Å². The van der Waals surface area contributed by atoms with Gasteiger partial charge in [-0.15, -0.1) is 0 Å². The van der Waals surface area contributed by atoms with Crippen molar-refractivity contribution in [2.24, 2.45) is 5.73 Å². The summed E-state index contributed by atoms with van der Waals surface area (Å²) in [7, 11) is 0. The summed E-state index contributed by atoms with van der Waals surface area (Å²) in [5.74, 6) is 0. The van der Waals surface area contributed by atoms with Gasteiger partial charge < -0.3 is 10.5 Å². The lowest BCUT2D eigenvalue weighted by molar-refractivity contribution is 0.0125. The van der Waals surface area contributed by atoms with Gasteiger partial charge in [-0.2, -0.15) is 0 Å². The highest BCUT2D eigenvalue weighted by molar-refractivity contribution is 5.18.